The number of thioether (sulfide) groups is 1. The highest BCUT2D eigenvalue weighted by atomic mass is 35.5. The number of nitrogens with zero attached hydrogens (tertiary/aromatic N) is 3. The topological polar surface area (TPSA) is 30.3 Å². The molecule has 0 spiro atoms. The van der Waals surface area contributed by atoms with Crippen LogP contribution in [0.3, 0.4) is 0 Å². The first-order valence-corrected chi connectivity index (χ1v) is 8.99. The normalized spacial score (nSPS) is 11.1. The minimum Gasteiger partial charge on any atom is -0.496 e. The third-order valence-corrected chi connectivity index (χ3v) is 5.34. The van der Waals surface area contributed by atoms with Crippen molar-refractivity contribution < 1.29 is 4.74 Å². The molecule has 0 bridgehead atoms. The first kappa shape index (κ1) is 16.8. The summed E-state index contributed by atoms with van der Waals surface area (Å²) in [6.45, 7) is 1.34. The molecule has 0 aliphatic carbocycles. The molecule has 0 unspecified atom stereocenters. The zero-order valence-corrected chi connectivity index (χ0v) is 15.2. The predicted molar refractivity (Wildman–Crippen MR) is 92.2 cm³/mol. The van der Waals surface area contributed by atoms with Crippen molar-refractivity contribution in [2.75, 3.05) is 20.4 Å². The van der Waals surface area contributed by atoms with Crippen LogP contribution in [-0.2, 0) is 13.2 Å². The highest BCUT2D eigenvalue weighted by molar-refractivity contribution is 8.00. The summed E-state index contributed by atoms with van der Waals surface area (Å²) in [6, 6.07) is 5.63. The molecule has 1 aromatic heterocycles. The number of hydrogen-bond donors (Lipinski definition) is 0. The predicted octanol–water partition coefficient (Wildman–Crippen LogP) is 4.15. The molecule has 21 heavy (non-hydrogen) atoms. The Bertz CT molecular complexity index is 671. The number of methoxy groups -OCH3 is 1. The minimum atomic E-state index is 0.631. The monoisotopic (exact) mass is 361 g/mol. The summed E-state index contributed by atoms with van der Waals surface area (Å²) >= 11 is 14.5. The number of ether oxygens (including phenoxy) is 1. The Kier molecular flexibility index (Phi) is 6.07. The van der Waals surface area contributed by atoms with Gasteiger partial charge in [-0.05, 0) is 43.7 Å². The number of halogens is 1. The molecule has 2 aromatic rings. The zero-order valence-electron chi connectivity index (χ0n) is 12.0. The lowest BCUT2D eigenvalue weighted by Gasteiger charge is -2.18. The van der Waals surface area contributed by atoms with Crippen LogP contribution < -0.4 is 4.74 Å². The Labute approximate surface area is 142 Å². The van der Waals surface area contributed by atoms with Crippen LogP contribution in [0.2, 0.25) is 5.02 Å². The second-order valence-electron chi connectivity index (χ2n) is 4.45. The Hall–Kier alpha value is -0.600. The average Bonchev–Trinajstić information content (AvgIpc) is 2.79. The van der Waals surface area contributed by atoms with Gasteiger partial charge in [0.05, 0.1) is 13.8 Å². The van der Waals surface area contributed by atoms with Gasteiger partial charge in [-0.2, -0.15) is 5.10 Å². The molecule has 0 aliphatic rings. The Morgan fingerprint density at radius 2 is 2.29 bits per heavy atom. The van der Waals surface area contributed by atoms with Gasteiger partial charge in [-0.15, -0.1) is 0 Å². The summed E-state index contributed by atoms with van der Waals surface area (Å²) in [5.74, 6) is 0.831. The van der Waals surface area contributed by atoms with Crippen molar-refractivity contribution in [1.82, 2.24) is 14.7 Å². The minimum absolute atomic E-state index is 0.631. The summed E-state index contributed by atoms with van der Waals surface area (Å²) in [5.41, 5.74) is 1.04. The van der Waals surface area contributed by atoms with Crippen molar-refractivity contribution in [3.05, 3.63) is 32.7 Å². The van der Waals surface area contributed by atoms with Gasteiger partial charge in [0.2, 0.25) is 0 Å². The largest absolute Gasteiger partial charge is 0.496 e. The molecule has 2 rings (SSSR count). The van der Waals surface area contributed by atoms with E-state index in [-0.39, 0.29) is 0 Å². The number of rotatable bonds is 6. The van der Waals surface area contributed by atoms with Gasteiger partial charge in [-0.1, -0.05) is 34.7 Å². The highest BCUT2D eigenvalue weighted by Crippen LogP contribution is 2.24. The van der Waals surface area contributed by atoms with Gasteiger partial charge in [0.25, 0.3) is 0 Å². The second kappa shape index (κ2) is 7.60. The summed E-state index contributed by atoms with van der Waals surface area (Å²) in [6.07, 6.45) is 2.00. The van der Waals surface area contributed by atoms with Gasteiger partial charge in [0.1, 0.15) is 5.75 Å². The van der Waals surface area contributed by atoms with Crippen molar-refractivity contribution in [2.24, 2.45) is 0 Å². The Morgan fingerprint density at radius 1 is 1.52 bits per heavy atom. The fourth-order valence-electron chi connectivity index (χ4n) is 1.90. The van der Waals surface area contributed by atoms with E-state index in [9.17, 15) is 0 Å². The van der Waals surface area contributed by atoms with Crippen LogP contribution in [0.5, 0.6) is 5.75 Å². The summed E-state index contributed by atoms with van der Waals surface area (Å²) in [5, 5.41) is 5.17. The molecule has 8 heteroatoms. The SMILES string of the molecule is COc1ccc(Cl)cc1CN(C)Cn1nc(SC)sc1=S. The van der Waals surface area contributed by atoms with E-state index >= 15 is 0 Å². The average molecular weight is 362 g/mol. The third-order valence-electron chi connectivity index (χ3n) is 2.82. The highest BCUT2D eigenvalue weighted by Gasteiger charge is 2.10. The lowest BCUT2D eigenvalue weighted by Crippen LogP contribution is -2.22. The molecule has 114 valence electrons. The molecule has 0 atom stereocenters. The van der Waals surface area contributed by atoms with E-state index in [4.69, 9.17) is 28.6 Å². The van der Waals surface area contributed by atoms with Crippen molar-refractivity contribution in [2.45, 2.75) is 17.6 Å². The van der Waals surface area contributed by atoms with Crippen LogP contribution >= 0.6 is 46.9 Å². The molecule has 1 heterocycles. The molecular formula is C13H16ClN3OS3. The molecule has 0 aliphatic heterocycles. The van der Waals surface area contributed by atoms with Crippen molar-refractivity contribution in [3.8, 4) is 5.75 Å². The van der Waals surface area contributed by atoms with Crippen LogP contribution in [0, 0.1) is 3.95 Å². The summed E-state index contributed by atoms with van der Waals surface area (Å²) in [7, 11) is 3.67. The van der Waals surface area contributed by atoms with Crippen molar-refractivity contribution in [3.63, 3.8) is 0 Å². The molecule has 4 nitrogen and oxygen atoms in total. The van der Waals surface area contributed by atoms with E-state index in [1.807, 2.05) is 36.2 Å². The van der Waals surface area contributed by atoms with Crippen molar-refractivity contribution >= 4 is 46.9 Å². The fraction of sp³-hybridized carbons (Fsp3) is 0.385. The maximum atomic E-state index is 6.06. The Balaban J connectivity index is 2.11. The van der Waals surface area contributed by atoms with Gasteiger partial charge < -0.3 is 4.74 Å². The fourth-order valence-corrected chi connectivity index (χ4v) is 3.83. The standard InChI is InChI=1S/C13H16ClN3OS3/c1-16(8-17-13(19)21-12(15-17)20-3)7-9-6-10(14)4-5-11(9)18-2/h4-6H,7-8H2,1-3H3. The first-order valence-electron chi connectivity index (χ1n) is 6.16. The summed E-state index contributed by atoms with van der Waals surface area (Å²) in [4.78, 5) is 2.12. The van der Waals surface area contributed by atoms with Gasteiger partial charge in [-0.3, -0.25) is 4.90 Å². The van der Waals surface area contributed by atoms with Crippen LogP contribution in [0.15, 0.2) is 22.5 Å². The second-order valence-corrected chi connectivity index (χ2v) is 7.56. The maximum Gasteiger partial charge on any atom is 0.181 e. The van der Waals surface area contributed by atoms with Gasteiger partial charge in [0.15, 0.2) is 8.29 Å². The van der Waals surface area contributed by atoms with E-state index in [1.165, 1.54) is 11.3 Å². The molecule has 0 N–H and O–H groups in total. The first-order chi connectivity index (χ1) is 10.0. The number of benzene rings is 1. The number of hydrogen-bond acceptors (Lipinski definition) is 6. The molecule has 0 fully saturated rings. The van der Waals surface area contributed by atoms with E-state index in [2.05, 4.69) is 10.00 Å². The summed E-state index contributed by atoms with van der Waals surface area (Å²) < 4.78 is 8.97. The van der Waals surface area contributed by atoms with E-state index in [0.717, 1.165) is 19.6 Å². The third kappa shape index (κ3) is 4.43. The Morgan fingerprint density at radius 3 is 2.90 bits per heavy atom. The van der Waals surface area contributed by atoms with Crippen LogP contribution in [-0.4, -0.2) is 35.1 Å². The molecular weight excluding hydrogens is 346 g/mol. The van der Waals surface area contributed by atoms with Crippen LogP contribution in [0.25, 0.3) is 0 Å². The lowest BCUT2D eigenvalue weighted by molar-refractivity contribution is 0.240. The molecule has 0 saturated carbocycles. The molecule has 0 amide bonds. The van der Waals surface area contributed by atoms with E-state index < -0.39 is 0 Å². The quantitative estimate of drug-likeness (QED) is 0.569. The van der Waals surface area contributed by atoms with Crippen LogP contribution in [0.1, 0.15) is 5.56 Å². The van der Waals surface area contributed by atoms with Gasteiger partial charge in [0, 0.05) is 17.1 Å². The van der Waals surface area contributed by atoms with Gasteiger partial charge >= 0.3 is 0 Å². The zero-order chi connectivity index (χ0) is 15.4. The molecule has 0 saturated heterocycles. The van der Waals surface area contributed by atoms with Gasteiger partial charge in [-0.25, -0.2) is 4.68 Å². The maximum absolute atomic E-state index is 6.06. The van der Waals surface area contributed by atoms with Crippen molar-refractivity contribution in [1.29, 1.82) is 0 Å². The lowest BCUT2D eigenvalue weighted by atomic mass is 10.2. The smallest absolute Gasteiger partial charge is 0.181 e. The van der Waals surface area contributed by atoms with E-state index in [0.29, 0.717) is 18.2 Å². The molecule has 1 aromatic carbocycles. The van der Waals surface area contributed by atoms with E-state index in [1.54, 1.807) is 18.9 Å². The number of aromatic nitrogens is 2. The molecule has 0 radical (unpaired) electrons. The van der Waals surface area contributed by atoms with Crippen LogP contribution in [0.4, 0.5) is 0 Å².